The first-order valence-electron chi connectivity index (χ1n) is 21.9. The van der Waals surface area contributed by atoms with Gasteiger partial charge >= 0.3 is 11.9 Å². The van der Waals surface area contributed by atoms with Crippen LogP contribution in [-0.4, -0.2) is 73.7 Å². The Kier molecular flexibility index (Phi) is 13.7. The zero-order valence-electron chi connectivity index (χ0n) is 35.4. The maximum atomic E-state index is 14.8. The van der Waals surface area contributed by atoms with Gasteiger partial charge < -0.3 is 40.3 Å². The normalized spacial score (nSPS) is 27.0. The second-order valence-electron chi connectivity index (χ2n) is 17.8. The number of carbonyl (C=O) groups is 3. The Balaban J connectivity index is 1.42. The predicted octanol–water partition coefficient (Wildman–Crippen LogP) is 6.27. The minimum absolute atomic E-state index is 0.0411. The lowest BCUT2D eigenvalue weighted by atomic mass is 9.68. The number of ketones is 1. The SMILES string of the molecule is CCCCCc1c(CO)cc(C2C#CC3CC(=O)Oc4cc(O)c(cc43)CC3OC(=O)C(=CC(O)Cc4cccc(c4)CC4CC(CCC4=O)C3(C)O)C2)cc1NCC(C)O. The molecule has 0 amide bonds. The summed E-state index contributed by atoms with van der Waals surface area (Å²) in [6.45, 7) is 5.43. The Morgan fingerprint density at radius 2 is 1.74 bits per heavy atom. The fourth-order valence-corrected chi connectivity index (χ4v) is 9.56. The molecule has 4 aliphatic rings. The number of phenols is 1. The van der Waals surface area contributed by atoms with Crippen LogP contribution in [0.5, 0.6) is 11.5 Å². The van der Waals surface area contributed by atoms with E-state index in [1.165, 1.54) is 12.1 Å². The number of benzene rings is 3. The van der Waals surface area contributed by atoms with Crippen LogP contribution in [0.2, 0.25) is 0 Å². The number of rotatable bonds is 9. The lowest BCUT2D eigenvalue weighted by Crippen LogP contribution is -2.52. The summed E-state index contributed by atoms with van der Waals surface area (Å²) in [6, 6.07) is 14.6. The highest BCUT2D eigenvalue weighted by Crippen LogP contribution is 2.44. The number of carbonyl (C=O) groups excluding carboxylic acids is 3. The van der Waals surface area contributed by atoms with Gasteiger partial charge in [-0.15, -0.1) is 0 Å². The van der Waals surface area contributed by atoms with Crippen molar-refractivity contribution in [1.82, 2.24) is 0 Å². The number of fused-ring (bicyclic) bond motifs is 8. The highest BCUT2D eigenvalue weighted by atomic mass is 16.6. The number of anilines is 1. The van der Waals surface area contributed by atoms with E-state index in [-0.39, 0.29) is 74.0 Å². The van der Waals surface area contributed by atoms with E-state index in [4.69, 9.17) is 9.47 Å². The van der Waals surface area contributed by atoms with Gasteiger partial charge in [-0.1, -0.05) is 61.9 Å². The highest BCUT2D eigenvalue weighted by Gasteiger charge is 2.46. The van der Waals surface area contributed by atoms with Crippen LogP contribution in [-0.2, 0) is 51.4 Å². The summed E-state index contributed by atoms with van der Waals surface area (Å²) in [5.74, 6) is 3.30. The number of nitrogens with one attached hydrogen (secondary N) is 1. The first-order chi connectivity index (χ1) is 29.2. The quantitative estimate of drug-likeness (QED) is 0.0619. The van der Waals surface area contributed by atoms with E-state index in [9.17, 15) is 39.9 Å². The molecule has 324 valence electrons. The molecule has 0 radical (unpaired) electrons. The monoisotopic (exact) mass is 833 g/mol. The summed E-state index contributed by atoms with van der Waals surface area (Å²) in [6.07, 6.45) is 3.52. The van der Waals surface area contributed by atoms with Gasteiger partial charge in [0.05, 0.1) is 31.2 Å². The van der Waals surface area contributed by atoms with Gasteiger partial charge in [-0.25, -0.2) is 4.79 Å². The minimum Gasteiger partial charge on any atom is -0.508 e. The second-order valence-corrected chi connectivity index (χ2v) is 17.8. The van der Waals surface area contributed by atoms with Gasteiger partial charge in [0, 0.05) is 60.5 Å². The van der Waals surface area contributed by atoms with E-state index in [1.807, 2.05) is 36.4 Å². The second kappa shape index (κ2) is 19.0. The van der Waals surface area contributed by atoms with Crippen LogP contribution >= 0.6 is 0 Å². The number of aromatic hydroxyl groups is 1. The maximum Gasteiger partial charge on any atom is 0.334 e. The van der Waals surface area contributed by atoms with Crippen LogP contribution < -0.4 is 10.1 Å². The molecule has 1 saturated carbocycles. The standard InChI is InChI=1S/C50H59NO10/c1-4-5-6-10-41-38(28-52)19-34(23-43(41)51-27-29(2)53)32-11-12-33-25-48(57)60-46-26-45(56)36(22-42(33)46)24-47-50(3,59)39-13-14-44(55)35(20-39)16-30-8-7-9-31(15-30)17-40(54)21-37(18-32)49(58)61-47/h7-9,15,19,21-23,26,29,32-33,35,39-40,47,51-54,56,59H,4-6,10,13-14,16-18,20,24-25,27-28H2,1-3H3. The average molecular weight is 834 g/mol. The number of hydrogen-bond donors (Lipinski definition) is 6. The number of phenolic OH excluding ortho intramolecular Hbond substituents is 1. The van der Waals surface area contributed by atoms with Crippen molar-refractivity contribution in [2.45, 2.75) is 140 Å². The number of aliphatic hydroxyl groups is 4. The molecule has 11 nitrogen and oxygen atoms in total. The molecule has 3 aromatic rings. The molecule has 61 heavy (non-hydrogen) atoms. The molecule has 11 heteroatoms. The third-order valence-electron chi connectivity index (χ3n) is 13.1. The van der Waals surface area contributed by atoms with Crippen LogP contribution in [0.3, 0.4) is 0 Å². The van der Waals surface area contributed by atoms with Crippen LogP contribution in [0, 0.1) is 23.7 Å². The molecule has 3 aliphatic heterocycles. The van der Waals surface area contributed by atoms with Crippen molar-refractivity contribution >= 4 is 23.4 Å². The van der Waals surface area contributed by atoms with Crippen molar-refractivity contribution in [3.63, 3.8) is 0 Å². The zero-order chi connectivity index (χ0) is 43.4. The maximum absolute atomic E-state index is 14.8. The highest BCUT2D eigenvalue weighted by molar-refractivity contribution is 5.89. The van der Waals surface area contributed by atoms with Crippen molar-refractivity contribution < 1.29 is 49.4 Å². The number of ether oxygens (including phenoxy) is 2. The van der Waals surface area contributed by atoms with Gasteiger partial charge in [-0.3, -0.25) is 9.59 Å². The number of Topliss-reactive ketones (excluding diaryl/α,β-unsaturated/α-hetero) is 1. The van der Waals surface area contributed by atoms with E-state index in [1.54, 1.807) is 19.9 Å². The van der Waals surface area contributed by atoms with E-state index < -0.39 is 53.6 Å². The van der Waals surface area contributed by atoms with Crippen LogP contribution in [0.15, 0.2) is 60.2 Å². The lowest BCUT2D eigenvalue weighted by Gasteiger charge is -2.42. The molecule has 8 atom stereocenters. The van der Waals surface area contributed by atoms with Gasteiger partial charge in [0.1, 0.15) is 29.0 Å². The number of aliphatic hydroxyl groups excluding tert-OH is 3. The Morgan fingerprint density at radius 1 is 0.967 bits per heavy atom. The van der Waals surface area contributed by atoms with Gasteiger partial charge in [0.2, 0.25) is 0 Å². The van der Waals surface area contributed by atoms with Gasteiger partial charge in [-0.05, 0) is 110 Å². The summed E-state index contributed by atoms with van der Waals surface area (Å²) in [5, 5.41) is 60.2. The molecule has 7 rings (SSSR count). The van der Waals surface area contributed by atoms with Crippen LogP contribution in [0.1, 0.15) is 123 Å². The van der Waals surface area contributed by atoms with Crippen LogP contribution in [0.4, 0.5) is 5.69 Å². The molecule has 0 spiro atoms. The van der Waals surface area contributed by atoms with Crippen molar-refractivity contribution in [2.75, 3.05) is 11.9 Å². The van der Waals surface area contributed by atoms with E-state index >= 15 is 0 Å². The van der Waals surface area contributed by atoms with Crippen molar-refractivity contribution in [3.8, 4) is 23.3 Å². The molecule has 1 fully saturated rings. The van der Waals surface area contributed by atoms with E-state index in [0.29, 0.717) is 47.9 Å². The largest absolute Gasteiger partial charge is 0.508 e. The number of unbranched alkanes of at least 4 members (excludes halogenated alkanes) is 2. The van der Waals surface area contributed by atoms with Gasteiger partial charge in [0.25, 0.3) is 0 Å². The van der Waals surface area contributed by atoms with E-state index in [0.717, 1.165) is 41.6 Å². The summed E-state index contributed by atoms with van der Waals surface area (Å²) in [4.78, 5) is 41.2. The third kappa shape index (κ3) is 10.2. The Morgan fingerprint density at radius 3 is 2.49 bits per heavy atom. The summed E-state index contributed by atoms with van der Waals surface area (Å²) in [7, 11) is 0. The summed E-state index contributed by atoms with van der Waals surface area (Å²) < 4.78 is 12.0. The molecular formula is C50H59NO10. The molecule has 3 aromatic carbocycles. The summed E-state index contributed by atoms with van der Waals surface area (Å²) in [5.41, 5.74) is 4.15. The molecule has 0 saturated heterocycles. The third-order valence-corrected chi connectivity index (χ3v) is 13.1. The smallest absolute Gasteiger partial charge is 0.334 e. The topological polar surface area (TPSA) is 183 Å². The predicted molar refractivity (Wildman–Crippen MR) is 230 cm³/mol. The number of hydrogen-bond acceptors (Lipinski definition) is 11. The van der Waals surface area contributed by atoms with Crippen molar-refractivity contribution in [3.05, 3.63) is 99.1 Å². The molecule has 3 heterocycles. The fourth-order valence-electron chi connectivity index (χ4n) is 9.56. The van der Waals surface area contributed by atoms with E-state index in [2.05, 4.69) is 24.1 Å². The molecule has 8 unspecified atom stereocenters. The van der Waals surface area contributed by atoms with Crippen LogP contribution in [0.25, 0.3) is 0 Å². The molecule has 6 N–H and O–H groups in total. The zero-order valence-corrected chi connectivity index (χ0v) is 35.4. The first-order valence-corrected chi connectivity index (χ1v) is 21.9. The van der Waals surface area contributed by atoms with Crippen molar-refractivity contribution in [1.29, 1.82) is 0 Å². The van der Waals surface area contributed by atoms with Crippen molar-refractivity contribution in [2.24, 2.45) is 11.8 Å². The molecule has 0 aromatic heterocycles. The Labute approximate surface area is 358 Å². The Bertz CT molecular complexity index is 2230. The number of esters is 2. The fraction of sp³-hybridized carbons (Fsp3) is 0.500. The first kappa shape index (κ1) is 44.1. The Hall–Kier alpha value is -4.99. The minimum atomic E-state index is -1.67. The molecule has 1 aliphatic carbocycles. The van der Waals surface area contributed by atoms with Gasteiger partial charge in [0.15, 0.2) is 0 Å². The molecular weight excluding hydrogens is 775 g/mol. The summed E-state index contributed by atoms with van der Waals surface area (Å²) >= 11 is 0. The average Bonchev–Trinajstić information content (AvgIpc) is 3.22. The molecule has 8 bridgehead atoms. The van der Waals surface area contributed by atoms with Gasteiger partial charge in [-0.2, -0.15) is 0 Å². The lowest BCUT2D eigenvalue weighted by molar-refractivity contribution is -0.170.